The highest BCUT2D eigenvalue weighted by atomic mass is 32.2. The minimum atomic E-state index is -3.55. The lowest BCUT2D eigenvalue weighted by Gasteiger charge is -2.12. The van der Waals surface area contributed by atoms with Gasteiger partial charge in [-0.1, -0.05) is 36.4 Å². The van der Waals surface area contributed by atoms with E-state index in [-0.39, 0.29) is 5.92 Å². The SMILES string of the molecule is C=C[C@@H]1C[C@]1(N=Cc1ccccc1)C(=O)NS(=O)(=O)C1CC1. The number of hydrogen-bond acceptors (Lipinski definition) is 4. The van der Waals surface area contributed by atoms with Crippen LogP contribution in [0.1, 0.15) is 24.8 Å². The molecule has 0 bridgehead atoms. The summed E-state index contributed by atoms with van der Waals surface area (Å²) in [5.41, 5.74) is -0.158. The molecule has 1 aromatic carbocycles. The normalized spacial score (nSPS) is 27.5. The Labute approximate surface area is 130 Å². The van der Waals surface area contributed by atoms with Gasteiger partial charge in [0.2, 0.25) is 10.0 Å². The van der Waals surface area contributed by atoms with Crippen molar-refractivity contribution in [1.82, 2.24) is 4.72 Å². The molecule has 0 aromatic heterocycles. The van der Waals surface area contributed by atoms with Crippen LogP contribution in [0.2, 0.25) is 0 Å². The van der Waals surface area contributed by atoms with Gasteiger partial charge in [-0.05, 0) is 24.8 Å². The fraction of sp³-hybridized carbons (Fsp3) is 0.375. The molecule has 0 unspecified atom stereocenters. The van der Waals surface area contributed by atoms with Crippen molar-refractivity contribution in [2.75, 3.05) is 0 Å². The van der Waals surface area contributed by atoms with E-state index in [4.69, 9.17) is 0 Å². The van der Waals surface area contributed by atoms with E-state index in [9.17, 15) is 13.2 Å². The predicted molar refractivity (Wildman–Crippen MR) is 85.2 cm³/mol. The molecule has 0 heterocycles. The molecule has 2 fully saturated rings. The van der Waals surface area contributed by atoms with Gasteiger partial charge in [0.15, 0.2) is 0 Å². The van der Waals surface area contributed by atoms with Crippen molar-refractivity contribution in [2.24, 2.45) is 10.9 Å². The average Bonchev–Trinajstić information content (AvgIpc) is 3.39. The Morgan fingerprint density at radius 1 is 1.32 bits per heavy atom. The van der Waals surface area contributed by atoms with E-state index < -0.39 is 26.7 Å². The van der Waals surface area contributed by atoms with Gasteiger partial charge in [0.1, 0.15) is 5.54 Å². The molecule has 2 saturated carbocycles. The maximum absolute atomic E-state index is 12.4. The highest BCUT2D eigenvalue weighted by Crippen LogP contribution is 2.48. The first-order valence-corrected chi connectivity index (χ1v) is 8.81. The van der Waals surface area contributed by atoms with E-state index in [1.54, 1.807) is 12.3 Å². The molecule has 0 spiro atoms. The van der Waals surface area contributed by atoms with Crippen molar-refractivity contribution >= 4 is 22.1 Å². The summed E-state index contributed by atoms with van der Waals surface area (Å²) < 4.78 is 26.1. The van der Waals surface area contributed by atoms with Gasteiger partial charge in [-0.25, -0.2) is 8.42 Å². The van der Waals surface area contributed by atoms with Crippen LogP contribution in [0.3, 0.4) is 0 Å². The molecule has 22 heavy (non-hydrogen) atoms. The molecule has 0 radical (unpaired) electrons. The molecule has 1 N–H and O–H groups in total. The molecule has 3 rings (SSSR count). The number of nitrogens with zero attached hydrogens (tertiary/aromatic N) is 1. The van der Waals surface area contributed by atoms with E-state index in [2.05, 4.69) is 16.3 Å². The van der Waals surface area contributed by atoms with E-state index in [1.165, 1.54) is 0 Å². The molecule has 5 nitrogen and oxygen atoms in total. The fourth-order valence-electron chi connectivity index (χ4n) is 2.43. The van der Waals surface area contributed by atoms with Crippen LogP contribution in [0.4, 0.5) is 0 Å². The molecule has 6 heteroatoms. The van der Waals surface area contributed by atoms with Crippen molar-refractivity contribution in [3.05, 3.63) is 48.6 Å². The molecule has 0 saturated heterocycles. The molecular weight excluding hydrogens is 300 g/mol. The third-order valence-corrected chi connectivity index (χ3v) is 5.92. The summed E-state index contributed by atoms with van der Waals surface area (Å²) in [5.74, 6) is -0.668. The first kappa shape index (κ1) is 15.0. The number of hydrogen-bond donors (Lipinski definition) is 1. The van der Waals surface area contributed by atoms with Gasteiger partial charge in [-0.3, -0.25) is 14.5 Å². The Balaban J connectivity index is 1.79. The zero-order chi connectivity index (χ0) is 15.8. The van der Waals surface area contributed by atoms with Crippen molar-refractivity contribution in [3.63, 3.8) is 0 Å². The number of carbonyl (C=O) groups is 1. The van der Waals surface area contributed by atoms with Crippen LogP contribution in [0, 0.1) is 5.92 Å². The van der Waals surface area contributed by atoms with Crippen LogP contribution in [-0.2, 0) is 14.8 Å². The number of nitrogens with one attached hydrogen (secondary N) is 1. The van der Waals surface area contributed by atoms with Crippen LogP contribution in [0.5, 0.6) is 0 Å². The lowest BCUT2D eigenvalue weighted by atomic mass is 10.2. The summed E-state index contributed by atoms with van der Waals surface area (Å²) in [6.45, 7) is 3.70. The Morgan fingerprint density at radius 3 is 2.55 bits per heavy atom. The summed E-state index contributed by atoms with van der Waals surface area (Å²) in [7, 11) is -3.55. The maximum Gasteiger partial charge on any atom is 0.261 e. The molecule has 2 aliphatic carbocycles. The third kappa shape index (κ3) is 2.83. The number of sulfonamides is 1. The smallest absolute Gasteiger partial charge is 0.261 e. The fourth-order valence-corrected chi connectivity index (χ4v) is 3.79. The van der Waals surface area contributed by atoms with E-state index in [0.29, 0.717) is 19.3 Å². The van der Waals surface area contributed by atoms with Crippen molar-refractivity contribution in [3.8, 4) is 0 Å². The number of carbonyl (C=O) groups excluding carboxylic acids is 1. The van der Waals surface area contributed by atoms with Crippen LogP contribution >= 0.6 is 0 Å². The monoisotopic (exact) mass is 318 g/mol. The summed E-state index contributed by atoms with van der Waals surface area (Å²) in [4.78, 5) is 16.8. The van der Waals surface area contributed by atoms with Crippen LogP contribution in [0.15, 0.2) is 48.0 Å². The van der Waals surface area contributed by atoms with Crippen LogP contribution < -0.4 is 4.72 Å². The standard InChI is InChI=1S/C16H18N2O3S/c1-2-13-10-16(13,17-11-12-6-4-3-5-7-12)15(19)18-22(20,21)14-8-9-14/h2-7,11,13-14H,1,8-10H2,(H,18,19)/t13-,16-/m1/s1. The minimum Gasteiger partial charge on any atom is -0.275 e. The van der Waals surface area contributed by atoms with Crippen molar-refractivity contribution < 1.29 is 13.2 Å². The van der Waals surface area contributed by atoms with Gasteiger partial charge >= 0.3 is 0 Å². The van der Waals surface area contributed by atoms with Crippen LogP contribution in [-0.4, -0.2) is 31.3 Å². The Bertz CT molecular complexity index is 723. The zero-order valence-electron chi connectivity index (χ0n) is 12.1. The van der Waals surface area contributed by atoms with E-state index >= 15 is 0 Å². The first-order valence-electron chi connectivity index (χ1n) is 7.27. The summed E-state index contributed by atoms with van der Waals surface area (Å²) >= 11 is 0. The van der Waals surface area contributed by atoms with Gasteiger partial charge in [0, 0.05) is 12.1 Å². The van der Waals surface area contributed by atoms with Crippen molar-refractivity contribution in [2.45, 2.75) is 30.1 Å². The van der Waals surface area contributed by atoms with Crippen molar-refractivity contribution in [1.29, 1.82) is 0 Å². The zero-order valence-corrected chi connectivity index (χ0v) is 12.9. The average molecular weight is 318 g/mol. The molecule has 1 aromatic rings. The Kier molecular flexibility index (Phi) is 3.64. The highest BCUT2D eigenvalue weighted by Gasteiger charge is 2.60. The number of benzene rings is 1. The molecule has 2 aliphatic rings. The first-order chi connectivity index (χ1) is 10.5. The highest BCUT2D eigenvalue weighted by molar-refractivity contribution is 7.90. The predicted octanol–water partition coefficient (Wildman–Crippen LogP) is 1.66. The molecule has 0 aliphatic heterocycles. The Morgan fingerprint density at radius 2 is 2.00 bits per heavy atom. The number of aliphatic imine (C=N–C) groups is 1. The van der Waals surface area contributed by atoms with E-state index in [1.807, 2.05) is 30.3 Å². The lowest BCUT2D eigenvalue weighted by Crippen LogP contribution is -2.41. The van der Waals surface area contributed by atoms with Gasteiger partial charge in [0.05, 0.1) is 5.25 Å². The van der Waals surface area contributed by atoms with Gasteiger partial charge in [0.25, 0.3) is 5.91 Å². The maximum atomic E-state index is 12.4. The molecular formula is C16H18N2O3S. The second-order valence-electron chi connectivity index (χ2n) is 5.82. The lowest BCUT2D eigenvalue weighted by molar-refractivity contribution is -0.121. The Hall–Kier alpha value is -1.95. The second-order valence-corrected chi connectivity index (χ2v) is 7.78. The van der Waals surface area contributed by atoms with Gasteiger partial charge < -0.3 is 0 Å². The molecule has 116 valence electrons. The molecule has 2 atom stereocenters. The summed E-state index contributed by atoms with van der Waals surface area (Å²) in [6, 6.07) is 9.40. The minimum absolute atomic E-state index is 0.123. The quantitative estimate of drug-likeness (QED) is 0.640. The number of rotatable bonds is 6. The van der Waals surface area contributed by atoms with E-state index in [0.717, 1.165) is 5.56 Å². The largest absolute Gasteiger partial charge is 0.275 e. The van der Waals surface area contributed by atoms with Gasteiger partial charge in [-0.15, -0.1) is 6.58 Å². The summed E-state index contributed by atoms with van der Waals surface area (Å²) in [6.07, 6.45) is 5.01. The summed E-state index contributed by atoms with van der Waals surface area (Å²) in [5, 5.41) is -0.424. The topological polar surface area (TPSA) is 75.6 Å². The van der Waals surface area contributed by atoms with Gasteiger partial charge in [-0.2, -0.15) is 0 Å². The second kappa shape index (κ2) is 5.35. The van der Waals surface area contributed by atoms with Crippen LogP contribution in [0.25, 0.3) is 0 Å². The number of amides is 1. The third-order valence-electron chi connectivity index (χ3n) is 4.10. The molecule has 1 amide bonds.